The fourth-order valence-electron chi connectivity index (χ4n) is 5.72. The Morgan fingerprint density at radius 3 is 2.19 bits per heavy atom. The van der Waals surface area contributed by atoms with Crippen molar-refractivity contribution in [3.8, 4) is 0 Å². The highest BCUT2D eigenvalue weighted by molar-refractivity contribution is 5.78. The Balaban J connectivity index is 0.000000309. The Labute approximate surface area is 194 Å². The maximum atomic E-state index is 6.50. The molecule has 5 nitrogen and oxygen atoms in total. The van der Waals surface area contributed by atoms with Crippen molar-refractivity contribution in [3.05, 3.63) is 41.2 Å². The first-order valence-electron chi connectivity index (χ1n) is 12.8. The zero-order valence-electron chi connectivity index (χ0n) is 20.2. The molecule has 5 heteroatoms. The molecular weight excluding hydrogens is 396 g/mol. The molecule has 5 rings (SSSR count). The summed E-state index contributed by atoms with van der Waals surface area (Å²) >= 11 is 0. The monoisotopic (exact) mass is 440 g/mol. The van der Waals surface area contributed by atoms with Gasteiger partial charge >= 0.3 is 0 Å². The SMILES string of the molecule is CC1CCCC1.Cc1cccc2[nH]c(C(C3=CCNC3)C3CCCCCCC3)nc12.NO. The summed E-state index contributed by atoms with van der Waals surface area (Å²) in [6, 6.07) is 6.45. The van der Waals surface area contributed by atoms with Gasteiger partial charge in [-0.15, -0.1) is 0 Å². The third-order valence-electron chi connectivity index (χ3n) is 7.53. The van der Waals surface area contributed by atoms with Gasteiger partial charge in [0, 0.05) is 19.0 Å². The number of H-pyrrole nitrogens is 1. The number of imidazole rings is 1. The molecule has 0 radical (unpaired) electrons. The van der Waals surface area contributed by atoms with Crippen LogP contribution < -0.4 is 11.2 Å². The molecule has 0 amide bonds. The maximum absolute atomic E-state index is 6.50. The Morgan fingerprint density at radius 1 is 0.969 bits per heavy atom. The largest absolute Gasteiger partial charge is 0.341 e. The van der Waals surface area contributed by atoms with Crippen LogP contribution in [0.4, 0.5) is 0 Å². The number of rotatable bonds is 3. The van der Waals surface area contributed by atoms with Crippen molar-refractivity contribution < 1.29 is 5.21 Å². The number of aromatic nitrogens is 2. The van der Waals surface area contributed by atoms with Crippen molar-refractivity contribution in [3.63, 3.8) is 0 Å². The molecule has 2 heterocycles. The number of aromatic amines is 1. The van der Waals surface area contributed by atoms with Crippen molar-refractivity contribution in [1.29, 1.82) is 0 Å². The van der Waals surface area contributed by atoms with E-state index in [1.807, 2.05) is 0 Å². The van der Waals surface area contributed by atoms with E-state index in [0.29, 0.717) is 5.92 Å². The average Bonchev–Trinajstić information content (AvgIpc) is 3.55. The minimum atomic E-state index is 0.463. The summed E-state index contributed by atoms with van der Waals surface area (Å²) in [7, 11) is 0. The first-order chi connectivity index (χ1) is 15.7. The van der Waals surface area contributed by atoms with Crippen molar-refractivity contribution >= 4 is 11.0 Å². The van der Waals surface area contributed by atoms with Gasteiger partial charge in [0.15, 0.2) is 0 Å². The topological polar surface area (TPSA) is 87.0 Å². The van der Waals surface area contributed by atoms with Gasteiger partial charge in [0.2, 0.25) is 0 Å². The van der Waals surface area contributed by atoms with Crippen LogP contribution in [0.3, 0.4) is 0 Å². The third-order valence-corrected chi connectivity index (χ3v) is 7.53. The molecule has 1 aromatic heterocycles. The van der Waals surface area contributed by atoms with Crippen molar-refractivity contribution in [2.75, 3.05) is 13.1 Å². The lowest BCUT2D eigenvalue weighted by atomic mass is 9.77. The van der Waals surface area contributed by atoms with Crippen LogP contribution in [0.5, 0.6) is 0 Å². The van der Waals surface area contributed by atoms with E-state index < -0.39 is 0 Å². The van der Waals surface area contributed by atoms with E-state index in [0.717, 1.165) is 30.4 Å². The Hall–Kier alpha value is -1.69. The number of nitrogens with one attached hydrogen (secondary N) is 2. The van der Waals surface area contributed by atoms with Crippen molar-refractivity contribution in [1.82, 2.24) is 15.3 Å². The van der Waals surface area contributed by atoms with Crippen LogP contribution in [0.25, 0.3) is 11.0 Å². The number of benzene rings is 1. The molecule has 5 N–H and O–H groups in total. The van der Waals surface area contributed by atoms with Gasteiger partial charge < -0.3 is 15.5 Å². The fraction of sp³-hybridized carbons (Fsp3) is 0.667. The van der Waals surface area contributed by atoms with E-state index in [1.165, 1.54) is 87.5 Å². The minimum Gasteiger partial charge on any atom is -0.341 e. The molecule has 1 unspecified atom stereocenters. The van der Waals surface area contributed by atoms with E-state index in [9.17, 15) is 0 Å². The van der Waals surface area contributed by atoms with Crippen LogP contribution >= 0.6 is 0 Å². The van der Waals surface area contributed by atoms with Gasteiger partial charge in [-0.1, -0.05) is 82.9 Å². The molecule has 2 saturated carbocycles. The van der Waals surface area contributed by atoms with Gasteiger partial charge in [0.1, 0.15) is 5.82 Å². The summed E-state index contributed by atoms with van der Waals surface area (Å²) in [6.45, 7) is 6.54. The van der Waals surface area contributed by atoms with Crippen LogP contribution in [0.2, 0.25) is 0 Å². The molecule has 178 valence electrons. The first-order valence-corrected chi connectivity index (χ1v) is 12.8. The highest BCUT2D eigenvalue weighted by Gasteiger charge is 2.30. The number of hydrogen-bond donors (Lipinski definition) is 4. The van der Waals surface area contributed by atoms with Crippen LogP contribution in [-0.2, 0) is 0 Å². The fourth-order valence-corrected chi connectivity index (χ4v) is 5.72. The molecule has 32 heavy (non-hydrogen) atoms. The highest BCUT2D eigenvalue weighted by Crippen LogP contribution is 2.39. The molecule has 1 atom stereocenters. The molecule has 0 saturated heterocycles. The summed E-state index contributed by atoms with van der Waals surface area (Å²) in [5.74, 6) is 6.94. The van der Waals surface area contributed by atoms with E-state index in [2.05, 4.69) is 54.3 Å². The Bertz CT molecular complexity index is 829. The lowest BCUT2D eigenvalue weighted by Gasteiger charge is -2.28. The summed E-state index contributed by atoms with van der Waals surface area (Å²) in [6.07, 6.45) is 18.0. The number of aryl methyl sites for hydroxylation is 1. The van der Waals surface area contributed by atoms with Gasteiger partial charge in [0.05, 0.1) is 11.0 Å². The molecule has 3 aliphatic rings. The molecule has 0 bridgehead atoms. The molecule has 2 aromatic rings. The Morgan fingerprint density at radius 2 is 1.62 bits per heavy atom. The molecule has 1 aromatic carbocycles. The third kappa shape index (κ3) is 6.66. The van der Waals surface area contributed by atoms with Crippen molar-refractivity contribution in [2.45, 2.75) is 90.4 Å². The van der Waals surface area contributed by atoms with Gasteiger partial charge in [-0.25, -0.2) is 10.9 Å². The zero-order chi connectivity index (χ0) is 22.8. The highest BCUT2D eigenvalue weighted by atomic mass is 16.4. The average molecular weight is 441 g/mol. The standard InChI is InChI=1S/C21H29N3.C6H12.H3NO/c1-15-8-7-11-18-20(15)24-21(23-18)19(17-12-13-22-14-17)16-9-5-3-2-4-6-10-16;1-6-4-2-3-5-6;1-2/h7-8,11-12,16,19,22H,2-6,9-10,13-14H2,1H3,(H,23,24);6H,2-5H2,1H3;2H,1H2. The van der Waals surface area contributed by atoms with Crippen LogP contribution in [-0.4, -0.2) is 28.3 Å². The summed E-state index contributed by atoms with van der Waals surface area (Å²) in [5.41, 5.74) is 5.16. The molecule has 2 aliphatic carbocycles. The van der Waals surface area contributed by atoms with Gasteiger partial charge in [-0.3, -0.25) is 0 Å². The first kappa shape index (κ1) is 24.9. The van der Waals surface area contributed by atoms with Crippen molar-refractivity contribution in [2.24, 2.45) is 17.7 Å². The number of fused-ring (bicyclic) bond motifs is 1. The summed E-state index contributed by atoms with van der Waals surface area (Å²) < 4.78 is 0. The number of para-hydroxylation sites is 1. The number of nitrogens with zero attached hydrogens (tertiary/aromatic N) is 1. The van der Waals surface area contributed by atoms with Crippen LogP contribution in [0, 0.1) is 18.8 Å². The van der Waals surface area contributed by atoms with E-state index in [-0.39, 0.29) is 0 Å². The van der Waals surface area contributed by atoms with Gasteiger partial charge in [0.25, 0.3) is 0 Å². The smallest absolute Gasteiger partial charge is 0.114 e. The predicted octanol–water partition coefficient (Wildman–Crippen LogP) is 6.38. The maximum Gasteiger partial charge on any atom is 0.114 e. The van der Waals surface area contributed by atoms with Gasteiger partial charge in [-0.2, -0.15) is 0 Å². The predicted molar refractivity (Wildman–Crippen MR) is 134 cm³/mol. The Kier molecular flexibility index (Phi) is 10.2. The second kappa shape index (κ2) is 13.1. The molecule has 1 aliphatic heterocycles. The number of hydrogen-bond acceptors (Lipinski definition) is 4. The minimum absolute atomic E-state index is 0.463. The normalized spacial score (nSPS) is 21.1. The van der Waals surface area contributed by atoms with Crippen LogP contribution in [0.1, 0.15) is 94.9 Å². The second-order valence-electron chi connectivity index (χ2n) is 9.98. The van der Waals surface area contributed by atoms with Crippen LogP contribution in [0.15, 0.2) is 29.8 Å². The molecular formula is C27H44N4O. The second-order valence-corrected chi connectivity index (χ2v) is 9.98. The van der Waals surface area contributed by atoms with E-state index >= 15 is 0 Å². The zero-order valence-corrected chi connectivity index (χ0v) is 20.2. The lowest BCUT2D eigenvalue weighted by molar-refractivity contribution is 0.311. The summed E-state index contributed by atoms with van der Waals surface area (Å²) in [4.78, 5) is 8.73. The molecule has 2 fully saturated rings. The number of nitrogens with two attached hydrogens (primary N) is 1. The van der Waals surface area contributed by atoms with Gasteiger partial charge in [-0.05, 0) is 48.8 Å². The van der Waals surface area contributed by atoms with E-state index in [1.54, 1.807) is 5.57 Å². The van der Waals surface area contributed by atoms with E-state index in [4.69, 9.17) is 10.2 Å². The quantitative estimate of drug-likeness (QED) is 0.330. The lowest BCUT2D eigenvalue weighted by Crippen LogP contribution is -2.21. The molecule has 0 spiro atoms. The summed E-state index contributed by atoms with van der Waals surface area (Å²) in [5, 5.41) is 10.0.